The van der Waals surface area contributed by atoms with Crippen LogP contribution in [0.3, 0.4) is 0 Å². The number of hydrogen-bond acceptors (Lipinski definition) is 6. The number of imide groups is 1. The molecule has 9 heteroatoms. The maximum Gasteiger partial charge on any atom is 0.327 e. The smallest absolute Gasteiger partial charge is 0.292 e. The second kappa shape index (κ2) is 6.94. The lowest BCUT2D eigenvalue weighted by Crippen LogP contribution is -2.41. The molecule has 3 aromatic rings. The number of aromatic amines is 1. The number of fused-ring (bicyclic) bond motifs is 1. The zero-order chi connectivity index (χ0) is 19.6. The summed E-state index contributed by atoms with van der Waals surface area (Å²) in [6, 6.07) is 5.77. The molecule has 0 fully saturated rings. The average Bonchev–Trinajstić information content (AvgIpc) is 3.05. The molecule has 0 spiro atoms. The Morgan fingerprint density at radius 2 is 1.85 bits per heavy atom. The van der Waals surface area contributed by atoms with E-state index in [4.69, 9.17) is 0 Å². The predicted molar refractivity (Wildman–Crippen MR) is 98.2 cm³/mol. The number of ketones is 1. The lowest BCUT2D eigenvalue weighted by molar-refractivity contribution is -0.127. The summed E-state index contributed by atoms with van der Waals surface area (Å²) in [5.74, 6) is -0.522. The van der Waals surface area contributed by atoms with Crippen molar-refractivity contribution in [3.63, 3.8) is 0 Å². The van der Waals surface area contributed by atoms with Gasteiger partial charge in [0.2, 0.25) is 11.7 Å². The van der Waals surface area contributed by atoms with Gasteiger partial charge >= 0.3 is 6.03 Å². The van der Waals surface area contributed by atoms with E-state index < -0.39 is 17.4 Å². The normalized spacial score (nSPS) is 11.2. The van der Waals surface area contributed by atoms with Crippen LogP contribution >= 0.6 is 0 Å². The number of nitrogens with one attached hydrogen (secondary N) is 3. The van der Waals surface area contributed by atoms with Crippen molar-refractivity contribution < 1.29 is 14.4 Å². The molecule has 0 radical (unpaired) electrons. The van der Waals surface area contributed by atoms with Crippen molar-refractivity contribution in [1.82, 2.24) is 25.5 Å². The van der Waals surface area contributed by atoms with E-state index in [1.54, 1.807) is 39.1 Å². The van der Waals surface area contributed by atoms with Crippen LogP contribution in [0.1, 0.15) is 36.8 Å². The van der Waals surface area contributed by atoms with Gasteiger partial charge in [0.1, 0.15) is 11.5 Å². The number of carbonyl (C=O) groups excluding carboxylic acids is 3. The molecule has 9 nitrogen and oxygen atoms in total. The minimum absolute atomic E-state index is 0.208. The molecule has 0 bridgehead atoms. The highest BCUT2D eigenvalue weighted by atomic mass is 16.2. The SMILES string of the molecule is CC(C)(C)C(=O)NC(=O)Nc1ccc(C(=O)c2n[nH]c3ncccc23)cn1. The zero-order valence-corrected chi connectivity index (χ0v) is 15.0. The van der Waals surface area contributed by atoms with Gasteiger partial charge in [-0.3, -0.25) is 25.3 Å². The molecule has 0 unspecified atom stereocenters. The lowest BCUT2D eigenvalue weighted by Gasteiger charge is -2.16. The van der Waals surface area contributed by atoms with Crippen molar-refractivity contribution in [2.24, 2.45) is 5.41 Å². The Morgan fingerprint density at radius 1 is 1.07 bits per heavy atom. The number of rotatable bonds is 3. The van der Waals surface area contributed by atoms with Crippen LogP contribution in [0.4, 0.5) is 10.6 Å². The van der Waals surface area contributed by atoms with Crippen LogP contribution < -0.4 is 10.6 Å². The fraction of sp³-hybridized carbons (Fsp3) is 0.222. The molecular weight excluding hydrogens is 348 g/mol. The Morgan fingerprint density at radius 3 is 2.52 bits per heavy atom. The molecule has 3 amide bonds. The Bertz CT molecular complexity index is 1020. The van der Waals surface area contributed by atoms with Crippen LogP contribution in [-0.4, -0.2) is 37.9 Å². The van der Waals surface area contributed by atoms with Crippen molar-refractivity contribution in [1.29, 1.82) is 0 Å². The van der Waals surface area contributed by atoms with Gasteiger partial charge in [-0.2, -0.15) is 5.10 Å². The summed E-state index contributed by atoms with van der Waals surface area (Å²) in [6.45, 7) is 5.09. The first-order valence-electron chi connectivity index (χ1n) is 8.18. The number of H-pyrrole nitrogens is 1. The number of carbonyl (C=O) groups is 3. The van der Waals surface area contributed by atoms with E-state index in [0.717, 1.165) is 0 Å². The van der Waals surface area contributed by atoms with Gasteiger partial charge in [-0.1, -0.05) is 20.8 Å². The molecule has 0 aliphatic heterocycles. The number of hydrogen-bond donors (Lipinski definition) is 3. The zero-order valence-electron chi connectivity index (χ0n) is 15.0. The summed E-state index contributed by atoms with van der Waals surface area (Å²) >= 11 is 0. The minimum Gasteiger partial charge on any atom is -0.292 e. The van der Waals surface area contributed by atoms with Crippen LogP contribution in [0.5, 0.6) is 0 Å². The summed E-state index contributed by atoms with van der Waals surface area (Å²) in [7, 11) is 0. The molecule has 0 aliphatic carbocycles. The summed E-state index contributed by atoms with van der Waals surface area (Å²) in [5.41, 5.74) is 0.382. The quantitative estimate of drug-likeness (QED) is 0.610. The second-order valence-electron chi connectivity index (χ2n) is 6.89. The van der Waals surface area contributed by atoms with Crippen LogP contribution in [0.2, 0.25) is 0 Å². The maximum absolute atomic E-state index is 12.6. The van der Waals surface area contributed by atoms with Gasteiger partial charge in [0, 0.05) is 23.4 Å². The minimum atomic E-state index is -0.692. The molecular formula is C18H18N6O3. The van der Waals surface area contributed by atoms with Crippen LogP contribution in [0, 0.1) is 5.41 Å². The number of pyridine rings is 2. The first-order valence-corrected chi connectivity index (χ1v) is 8.18. The third kappa shape index (κ3) is 3.97. The molecule has 3 rings (SSSR count). The van der Waals surface area contributed by atoms with Gasteiger partial charge in [0.15, 0.2) is 5.65 Å². The maximum atomic E-state index is 12.6. The molecule has 0 aliphatic rings. The standard InChI is InChI=1S/C18H18N6O3/c1-18(2,3)16(26)22-17(27)21-12-7-6-10(9-20-12)14(25)13-11-5-4-8-19-15(11)24-23-13/h4-9H,1-3H3,(H,19,23,24)(H2,20,21,22,26,27). The molecule has 3 aromatic heterocycles. The van der Waals surface area contributed by atoms with Crippen LogP contribution in [0.25, 0.3) is 11.0 Å². The first-order chi connectivity index (χ1) is 12.8. The van der Waals surface area contributed by atoms with Gasteiger partial charge in [0.25, 0.3) is 0 Å². The van der Waals surface area contributed by atoms with E-state index in [-0.39, 0.29) is 17.3 Å². The highest BCUT2D eigenvalue weighted by Gasteiger charge is 2.23. The molecule has 3 N–H and O–H groups in total. The fourth-order valence-corrected chi connectivity index (χ4v) is 2.20. The van der Waals surface area contributed by atoms with Gasteiger partial charge in [-0.05, 0) is 24.3 Å². The number of amides is 3. The van der Waals surface area contributed by atoms with Gasteiger partial charge in [-0.25, -0.2) is 14.8 Å². The van der Waals surface area contributed by atoms with E-state index in [9.17, 15) is 14.4 Å². The molecule has 0 saturated heterocycles. The Balaban J connectivity index is 1.71. The molecule has 138 valence electrons. The summed E-state index contributed by atoms with van der Waals surface area (Å²) in [5, 5.41) is 12.0. The van der Waals surface area contributed by atoms with E-state index in [1.807, 2.05) is 0 Å². The Labute approximate surface area is 154 Å². The fourth-order valence-electron chi connectivity index (χ4n) is 2.20. The van der Waals surface area contributed by atoms with E-state index in [1.165, 1.54) is 18.3 Å². The molecule has 27 heavy (non-hydrogen) atoms. The second-order valence-corrected chi connectivity index (χ2v) is 6.89. The topological polar surface area (TPSA) is 130 Å². The van der Waals surface area contributed by atoms with Crippen molar-refractivity contribution in [3.05, 3.63) is 47.9 Å². The van der Waals surface area contributed by atoms with Crippen molar-refractivity contribution >= 4 is 34.6 Å². The third-order valence-corrected chi connectivity index (χ3v) is 3.73. The van der Waals surface area contributed by atoms with E-state index >= 15 is 0 Å². The van der Waals surface area contributed by atoms with Crippen LogP contribution in [0.15, 0.2) is 36.7 Å². The summed E-state index contributed by atoms with van der Waals surface area (Å²) in [6.07, 6.45) is 2.94. The Kier molecular flexibility index (Phi) is 4.68. The first kappa shape index (κ1) is 18.2. The van der Waals surface area contributed by atoms with Gasteiger partial charge in [0.05, 0.1) is 5.39 Å². The monoisotopic (exact) mass is 366 g/mol. The molecule has 0 atom stereocenters. The summed E-state index contributed by atoms with van der Waals surface area (Å²) < 4.78 is 0. The largest absolute Gasteiger partial charge is 0.327 e. The van der Waals surface area contributed by atoms with E-state index in [0.29, 0.717) is 16.6 Å². The number of aromatic nitrogens is 4. The van der Waals surface area contributed by atoms with E-state index in [2.05, 4.69) is 30.8 Å². The average molecular weight is 366 g/mol. The predicted octanol–water partition coefficient (Wildman–Crippen LogP) is 2.28. The highest BCUT2D eigenvalue weighted by Crippen LogP contribution is 2.17. The van der Waals surface area contributed by atoms with Gasteiger partial charge in [-0.15, -0.1) is 0 Å². The molecule has 0 aromatic carbocycles. The number of nitrogens with zero attached hydrogens (tertiary/aromatic N) is 3. The van der Waals surface area contributed by atoms with Crippen molar-refractivity contribution in [3.8, 4) is 0 Å². The van der Waals surface area contributed by atoms with Crippen molar-refractivity contribution in [2.75, 3.05) is 5.32 Å². The number of anilines is 1. The number of urea groups is 1. The highest BCUT2D eigenvalue weighted by molar-refractivity contribution is 6.14. The van der Waals surface area contributed by atoms with Gasteiger partial charge < -0.3 is 0 Å². The summed E-state index contributed by atoms with van der Waals surface area (Å²) in [4.78, 5) is 44.4. The Hall–Kier alpha value is -3.62. The third-order valence-electron chi connectivity index (χ3n) is 3.73. The van der Waals surface area contributed by atoms with Crippen LogP contribution in [-0.2, 0) is 4.79 Å². The van der Waals surface area contributed by atoms with Crippen molar-refractivity contribution in [2.45, 2.75) is 20.8 Å². The molecule has 0 saturated carbocycles. The molecule has 3 heterocycles. The lowest BCUT2D eigenvalue weighted by atomic mass is 9.96.